The Kier molecular flexibility index (Phi) is 6.85. The first kappa shape index (κ1) is 17.7. The van der Waals surface area contributed by atoms with Crippen molar-refractivity contribution in [2.45, 2.75) is 52.7 Å². The molecule has 0 fully saturated rings. The molecule has 0 spiro atoms. The van der Waals surface area contributed by atoms with Crippen LogP contribution in [0, 0.1) is 6.92 Å². The summed E-state index contributed by atoms with van der Waals surface area (Å²) in [4.78, 5) is 12.3. The van der Waals surface area contributed by atoms with Crippen molar-refractivity contribution in [2.75, 3.05) is 13.2 Å². The van der Waals surface area contributed by atoms with Gasteiger partial charge in [0.15, 0.2) is 0 Å². The van der Waals surface area contributed by atoms with Crippen molar-refractivity contribution in [1.82, 2.24) is 0 Å². The van der Waals surface area contributed by atoms with Crippen molar-refractivity contribution >= 4 is 5.97 Å². The van der Waals surface area contributed by atoms with Crippen molar-refractivity contribution in [3.05, 3.63) is 34.9 Å². The number of rotatable bonds is 7. The van der Waals surface area contributed by atoms with E-state index in [0.717, 1.165) is 24.0 Å². The molecule has 21 heavy (non-hydrogen) atoms. The first-order chi connectivity index (χ1) is 9.85. The van der Waals surface area contributed by atoms with Crippen LogP contribution in [0.5, 0.6) is 0 Å². The Morgan fingerprint density at radius 3 is 2.57 bits per heavy atom. The molecule has 0 saturated heterocycles. The molecule has 0 atom stereocenters. The van der Waals surface area contributed by atoms with Crippen molar-refractivity contribution < 1.29 is 19.4 Å². The third-order valence-electron chi connectivity index (χ3n) is 2.92. The molecule has 0 radical (unpaired) electrons. The van der Waals surface area contributed by atoms with Crippen LogP contribution in [0.1, 0.15) is 55.1 Å². The first-order valence-electron chi connectivity index (χ1n) is 7.35. The van der Waals surface area contributed by atoms with Gasteiger partial charge in [0.05, 0.1) is 12.2 Å². The molecule has 1 aromatic carbocycles. The summed E-state index contributed by atoms with van der Waals surface area (Å²) >= 11 is 0. The molecule has 0 heterocycles. The molecular formula is C17H26O4. The highest BCUT2D eigenvalue weighted by Gasteiger charge is 2.21. The van der Waals surface area contributed by atoms with Crippen LogP contribution in [0.3, 0.4) is 0 Å². The molecule has 118 valence electrons. The number of aryl methyl sites for hydroxylation is 1. The average Bonchev–Trinajstić information content (AvgIpc) is 2.36. The minimum absolute atomic E-state index is 0.178. The van der Waals surface area contributed by atoms with Gasteiger partial charge in [0.1, 0.15) is 5.60 Å². The lowest BCUT2D eigenvalue weighted by Gasteiger charge is -2.21. The predicted molar refractivity (Wildman–Crippen MR) is 82.3 cm³/mol. The highest BCUT2D eigenvalue weighted by molar-refractivity contribution is 5.93. The molecule has 1 N–H and O–H groups in total. The molecule has 1 aromatic rings. The number of benzene rings is 1. The van der Waals surface area contributed by atoms with Gasteiger partial charge < -0.3 is 14.6 Å². The maximum atomic E-state index is 12.3. The standard InChI is InChI=1S/C17H26O4/c1-13-8-7-9-14(12-20-11-6-5-10-18)15(13)16(19)21-17(2,3)4/h7-9,18H,5-6,10-12H2,1-4H3. The van der Waals surface area contributed by atoms with Gasteiger partial charge in [-0.3, -0.25) is 0 Å². The first-order valence-corrected chi connectivity index (χ1v) is 7.35. The second kappa shape index (κ2) is 8.15. The summed E-state index contributed by atoms with van der Waals surface area (Å²) in [5.74, 6) is -0.311. The van der Waals surface area contributed by atoms with Gasteiger partial charge >= 0.3 is 5.97 Å². The maximum Gasteiger partial charge on any atom is 0.339 e. The molecule has 0 unspecified atom stereocenters. The van der Waals surface area contributed by atoms with E-state index in [9.17, 15) is 4.79 Å². The van der Waals surface area contributed by atoms with Gasteiger partial charge in [-0.15, -0.1) is 0 Å². The Bertz CT molecular complexity index is 460. The van der Waals surface area contributed by atoms with E-state index in [1.165, 1.54) is 0 Å². The summed E-state index contributed by atoms with van der Waals surface area (Å²) < 4.78 is 11.0. The molecule has 0 saturated carbocycles. The highest BCUT2D eigenvalue weighted by Crippen LogP contribution is 2.20. The van der Waals surface area contributed by atoms with Crippen LogP contribution in [0.2, 0.25) is 0 Å². The van der Waals surface area contributed by atoms with Crippen LogP contribution in [-0.4, -0.2) is 29.9 Å². The van der Waals surface area contributed by atoms with Gasteiger partial charge in [0.2, 0.25) is 0 Å². The molecule has 4 heteroatoms. The molecule has 0 aliphatic carbocycles. The highest BCUT2D eigenvalue weighted by atomic mass is 16.6. The Morgan fingerprint density at radius 2 is 1.95 bits per heavy atom. The molecule has 1 rings (SSSR count). The molecule has 0 aliphatic rings. The number of unbranched alkanes of at least 4 members (excludes halogenated alkanes) is 1. The maximum absolute atomic E-state index is 12.3. The molecule has 0 aliphatic heterocycles. The molecule has 0 amide bonds. The number of esters is 1. The fourth-order valence-corrected chi connectivity index (χ4v) is 1.97. The topological polar surface area (TPSA) is 55.8 Å². The number of ether oxygens (including phenoxy) is 2. The number of carbonyl (C=O) groups excluding carboxylic acids is 1. The number of hydrogen-bond acceptors (Lipinski definition) is 4. The van der Waals surface area contributed by atoms with Gasteiger partial charge in [-0.1, -0.05) is 18.2 Å². The van der Waals surface area contributed by atoms with E-state index in [1.54, 1.807) is 0 Å². The third-order valence-corrected chi connectivity index (χ3v) is 2.92. The van der Waals surface area contributed by atoms with Crippen LogP contribution in [0.25, 0.3) is 0 Å². The van der Waals surface area contributed by atoms with Crippen molar-refractivity contribution in [2.24, 2.45) is 0 Å². The van der Waals surface area contributed by atoms with Crippen LogP contribution < -0.4 is 0 Å². The molecule has 0 aromatic heterocycles. The summed E-state index contributed by atoms with van der Waals surface area (Å²) in [5, 5.41) is 8.73. The smallest absolute Gasteiger partial charge is 0.339 e. The second-order valence-electron chi connectivity index (χ2n) is 6.09. The minimum Gasteiger partial charge on any atom is -0.456 e. The van der Waals surface area contributed by atoms with Crippen molar-refractivity contribution in [3.8, 4) is 0 Å². The quantitative estimate of drug-likeness (QED) is 0.619. The zero-order valence-corrected chi connectivity index (χ0v) is 13.4. The van der Waals surface area contributed by atoms with Gasteiger partial charge in [0, 0.05) is 13.2 Å². The number of carbonyl (C=O) groups is 1. The van der Waals surface area contributed by atoms with Crippen LogP contribution >= 0.6 is 0 Å². The van der Waals surface area contributed by atoms with Gasteiger partial charge in [-0.05, 0) is 51.7 Å². The van der Waals surface area contributed by atoms with Gasteiger partial charge in [-0.25, -0.2) is 4.79 Å². The van der Waals surface area contributed by atoms with E-state index in [2.05, 4.69) is 0 Å². The Morgan fingerprint density at radius 1 is 1.24 bits per heavy atom. The summed E-state index contributed by atoms with van der Waals surface area (Å²) in [7, 11) is 0. The van der Waals surface area contributed by atoms with Crippen LogP contribution in [0.15, 0.2) is 18.2 Å². The van der Waals surface area contributed by atoms with E-state index in [0.29, 0.717) is 18.8 Å². The van der Waals surface area contributed by atoms with E-state index in [4.69, 9.17) is 14.6 Å². The molecule has 4 nitrogen and oxygen atoms in total. The van der Waals surface area contributed by atoms with E-state index in [1.807, 2.05) is 45.9 Å². The number of aliphatic hydroxyl groups is 1. The Balaban J connectivity index is 2.76. The van der Waals surface area contributed by atoms with Gasteiger partial charge in [0.25, 0.3) is 0 Å². The molecular weight excluding hydrogens is 268 g/mol. The number of aliphatic hydroxyl groups excluding tert-OH is 1. The summed E-state index contributed by atoms with van der Waals surface area (Å²) in [6.07, 6.45) is 1.54. The summed E-state index contributed by atoms with van der Waals surface area (Å²) in [6.45, 7) is 8.59. The van der Waals surface area contributed by atoms with Crippen LogP contribution in [-0.2, 0) is 16.1 Å². The second-order valence-corrected chi connectivity index (χ2v) is 6.09. The fourth-order valence-electron chi connectivity index (χ4n) is 1.97. The van der Waals surface area contributed by atoms with Crippen LogP contribution in [0.4, 0.5) is 0 Å². The van der Waals surface area contributed by atoms with E-state index in [-0.39, 0.29) is 12.6 Å². The van der Waals surface area contributed by atoms with Crippen molar-refractivity contribution in [3.63, 3.8) is 0 Å². The normalized spacial score (nSPS) is 11.5. The average molecular weight is 294 g/mol. The third kappa shape index (κ3) is 6.27. The predicted octanol–water partition coefficient (Wildman–Crippen LogP) is 3.24. The summed E-state index contributed by atoms with van der Waals surface area (Å²) in [5.41, 5.74) is 1.81. The van der Waals surface area contributed by atoms with E-state index < -0.39 is 5.60 Å². The zero-order chi connectivity index (χ0) is 15.9. The largest absolute Gasteiger partial charge is 0.456 e. The summed E-state index contributed by atoms with van der Waals surface area (Å²) in [6, 6.07) is 5.70. The number of hydrogen-bond donors (Lipinski definition) is 1. The Labute approximate surface area is 127 Å². The lowest BCUT2D eigenvalue weighted by atomic mass is 10.0. The monoisotopic (exact) mass is 294 g/mol. The lowest BCUT2D eigenvalue weighted by Crippen LogP contribution is -2.25. The molecule has 0 bridgehead atoms. The van der Waals surface area contributed by atoms with Crippen molar-refractivity contribution in [1.29, 1.82) is 0 Å². The SMILES string of the molecule is Cc1cccc(COCCCCO)c1C(=O)OC(C)(C)C. The Hall–Kier alpha value is -1.39. The lowest BCUT2D eigenvalue weighted by molar-refractivity contribution is 0.00637. The fraction of sp³-hybridized carbons (Fsp3) is 0.588. The minimum atomic E-state index is -0.515. The zero-order valence-electron chi connectivity index (χ0n) is 13.4. The van der Waals surface area contributed by atoms with Gasteiger partial charge in [-0.2, -0.15) is 0 Å². The van der Waals surface area contributed by atoms with E-state index >= 15 is 0 Å².